The lowest BCUT2D eigenvalue weighted by Gasteiger charge is -2.15. The Bertz CT molecular complexity index is 373. The van der Waals surface area contributed by atoms with Gasteiger partial charge in [0.15, 0.2) is 5.60 Å². The molecule has 1 aliphatic carbocycles. The van der Waals surface area contributed by atoms with Crippen molar-refractivity contribution in [3.8, 4) is 0 Å². The van der Waals surface area contributed by atoms with E-state index < -0.39 is 5.60 Å². The van der Waals surface area contributed by atoms with Crippen molar-refractivity contribution in [2.75, 3.05) is 0 Å². The molecule has 0 bridgehead atoms. The zero-order valence-corrected chi connectivity index (χ0v) is 12.2. The standard InChI is InChI=1S/C10H11Cl4NO2/c1-9(2)8(15-5-16)10(9,3-6(11)12)17-4-7(13)14/h3-5,8H,1-2H3,(H,15,16)/t8-,10+/m1/s1. The van der Waals surface area contributed by atoms with Crippen LogP contribution in [0.4, 0.5) is 0 Å². The highest BCUT2D eigenvalue weighted by Crippen LogP contribution is 2.60. The van der Waals surface area contributed by atoms with Gasteiger partial charge in [0.05, 0.1) is 6.04 Å². The van der Waals surface area contributed by atoms with Gasteiger partial charge in [0.25, 0.3) is 0 Å². The average Bonchev–Trinajstić information content (AvgIpc) is 2.61. The Morgan fingerprint density at radius 2 is 1.82 bits per heavy atom. The summed E-state index contributed by atoms with van der Waals surface area (Å²) in [4.78, 5) is 10.5. The number of hydrogen-bond donors (Lipinski definition) is 1. The van der Waals surface area contributed by atoms with Gasteiger partial charge in [-0.3, -0.25) is 4.79 Å². The predicted octanol–water partition coefficient (Wildman–Crippen LogP) is 3.49. The largest absolute Gasteiger partial charge is 0.485 e. The maximum Gasteiger partial charge on any atom is 0.207 e. The second-order valence-corrected chi connectivity index (χ2v) is 6.21. The molecule has 3 nitrogen and oxygen atoms in total. The third-order valence-electron chi connectivity index (χ3n) is 2.98. The van der Waals surface area contributed by atoms with Gasteiger partial charge >= 0.3 is 0 Å². The fraction of sp³-hybridized carbons (Fsp3) is 0.500. The monoisotopic (exact) mass is 317 g/mol. The molecule has 1 fully saturated rings. The zero-order chi connectivity index (χ0) is 13.3. The Labute approximate surface area is 120 Å². The molecule has 1 N–H and O–H groups in total. The molecule has 96 valence electrons. The number of rotatable bonds is 5. The van der Waals surface area contributed by atoms with E-state index in [0.717, 1.165) is 0 Å². The number of hydrogen-bond acceptors (Lipinski definition) is 2. The fourth-order valence-electron chi connectivity index (χ4n) is 1.98. The molecule has 1 rings (SSSR count). The number of carbonyl (C=O) groups is 1. The van der Waals surface area contributed by atoms with Crippen LogP contribution in [0.15, 0.2) is 21.3 Å². The molecule has 0 aromatic heterocycles. The van der Waals surface area contributed by atoms with Crippen molar-refractivity contribution in [2.45, 2.75) is 25.5 Å². The summed E-state index contributed by atoms with van der Waals surface area (Å²) in [6.45, 7) is 3.80. The molecule has 1 amide bonds. The van der Waals surface area contributed by atoms with Gasteiger partial charge in [-0.2, -0.15) is 0 Å². The van der Waals surface area contributed by atoms with Gasteiger partial charge in [0.1, 0.15) is 15.2 Å². The van der Waals surface area contributed by atoms with E-state index in [9.17, 15) is 4.79 Å². The topological polar surface area (TPSA) is 38.3 Å². The van der Waals surface area contributed by atoms with Gasteiger partial charge < -0.3 is 10.1 Å². The summed E-state index contributed by atoms with van der Waals surface area (Å²) < 4.78 is 5.52. The van der Waals surface area contributed by atoms with E-state index in [1.807, 2.05) is 13.8 Å². The van der Waals surface area contributed by atoms with Crippen LogP contribution in [-0.2, 0) is 9.53 Å². The Morgan fingerprint density at radius 3 is 2.24 bits per heavy atom. The summed E-state index contributed by atoms with van der Waals surface area (Å²) in [7, 11) is 0. The minimum atomic E-state index is -0.845. The second kappa shape index (κ2) is 5.27. The minimum Gasteiger partial charge on any atom is -0.485 e. The molecule has 0 heterocycles. The number of nitrogens with one attached hydrogen (secondary N) is 1. The van der Waals surface area contributed by atoms with Crippen molar-refractivity contribution in [2.24, 2.45) is 5.41 Å². The van der Waals surface area contributed by atoms with Gasteiger partial charge in [-0.1, -0.05) is 60.3 Å². The number of amides is 1. The zero-order valence-electron chi connectivity index (χ0n) is 9.14. The van der Waals surface area contributed by atoms with Crippen LogP contribution in [0.25, 0.3) is 0 Å². The lowest BCUT2D eigenvalue weighted by Crippen LogP contribution is -2.25. The first-order valence-corrected chi connectivity index (χ1v) is 6.21. The summed E-state index contributed by atoms with van der Waals surface area (Å²) in [5.74, 6) is 0. The van der Waals surface area contributed by atoms with Gasteiger partial charge in [-0.25, -0.2) is 0 Å². The maximum absolute atomic E-state index is 10.5. The van der Waals surface area contributed by atoms with Crippen LogP contribution in [0.5, 0.6) is 0 Å². The van der Waals surface area contributed by atoms with E-state index in [0.29, 0.717) is 6.41 Å². The van der Waals surface area contributed by atoms with Crippen molar-refractivity contribution in [3.63, 3.8) is 0 Å². The van der Waals surface area contributed by atoms with E-state index in [2.05, 4.69) is 5.32 Å². The Balaban J connectivity index is 3.02. The first kappa shape index (κ1) is 15.0. The summed E-state index contributed by atoms with van der Waals surface area (Å²) in [6, 6.07) is -0.260. The van der Waals surface area contributed by atoms with E-state index in [4.69, 9.17) is 51.1 Å². The Kier molecular flexibility index (Phi) is 4.64. The molecule has 0 saturated heterocycles. The van der Waals surface area contributed by atoms with Crippen molar-refractivity contribution in [3.05, 3.63) is 21.3 Å². The molecule has 0 aliphatic heterocycles. The molecule has 1 aliphatic rings. The molecule has 0 unspecified atom stereocenters. The SMILES string of the molecule is CC1(C)[C@@H](NC=O)[C@]1(C=C(Cl)Cl)OC=C(Cl)Cl. The van der Waals surface area contributed by atoms with E-state index in [-0.39, 0.29) is 20.4 Å². The van der Waals surface area contributed by atoms with Crippen molar-refractivity contribution < 1.29 is 9.53 Å². The summed E-state index contributed by atoms with van der Waals surface area (Å²) in [6.07, 6.45) is 3.30. The molecule has 2 atom stereocenters. The van der Waals surface area contributed by atoms with Crippen LogP contribution in [0.3, 0.4) is 0 Å². The number of carbonyl (C=O) groups excluding carboxylic acids is 1. The fourth-order valence-corrected chi connectivity index (χ4v) is 2.40. The lowest BCUT2D eigenvalue weighted by molar-refractivity contribution is -0.110. The Morgan fingerprint density at radius 1 is 1.24 bits per heavy atom. The minimum absolute atomic E-state index is 0.0315. The third-order valence-corrected chi connectivity index (χ3v) is 3.37. The first-order chi connectivity index (χ1) is 7.78. The van der Waals surface area contributed by atoms with Crippen molar-refractivity contribution in [1.29, 1.82) is 0 Å². The summed E-state index contributed by atoms with van der Waals surface area (Å²) >= 11 is 22.3. The third kappa shape index (κ3) is 2.84. The summed E-state index contributed by atoms with van der Waals surface area (Å²) in [5, 5.41) is 2.65. The normalized spacial score (nSPS) is 28.9. The van der Waals surface area contributed by atoms with Crippen LogP contribution >= 0.6 is 46.4 Å². The molecular weight excluding hydrogens is 308 g/mol. The molecule has 0 aromatic rings. The quantitative estimate of drug-likeness (QED) is 0.622. The molecule has 7 heteroatoms. The molecular formula is C10H11Cl4NO2. The lowest BCUT2D eigenvalue weighted by atomic mass is 10.1. The van der Waals surface area contributed by atoms with Gasteiger partial charge in [0.2, 0.25) is 6.41 Å². The maximum atomic E-state index is 10.5. The van der Waals surface area contributed by atoms with Crippen LogP contribution in [0, 0.1) is 5.41 Å². The highest BCUT2D eigenvalue weighted by molar-refractivity contribution is 6.56. The van der Waals surface area contributed by atoms with Gasteiger partial charge in [-0.05, 0) is 6.08 Å². The first-order valence-electron chi connectivity index (χ1n) is 4.70. The molecule has 17 heavy (non-hydrogen) atoms. The average molecular weight is 319 g/mol. The van der Waals surface area contributed by atoms with E-state index in [1.165, 1.54) is 12.3 Å². The predicted molar refractivity (Wildman–Crippen MR) is 70.2 cm³/mol. The molecule has 0 spiro atoms. The highest BCUT2D eigenvalue weighted by Gasteiger charge is 2.73. The molecule has 0 aromatic carbocycles. The van der Waals surface area contributed by atoms with E-state index in [1.54, 1.807) is 0 Å². The molecule has 0 radical (unpaired) electrons. The smallest absolute Gasteiger partial charge is 0.207 e. The van der Waals surface area contributed by atoms with Crippen molar-refractivity contribution in [1.82, 2.24) is 5.32 Å². The van der Waals surface area contributed by atoms with Crippen LogP contribution in [-0.4, -0.2) is 18.1 Å². The summed E-state index contributed by atoms with van der Waals surface area (Å²) in [5.41, 5.74) is -1.22. The van der Waals surface area contributed by atoms with E-state index >= 15 is 0 Å². The van der Waals surface area contributed by atoms with Crippen LogP contribution in [0.2, 0.25) is 0 Å². The number of halogens is 4. The molecule has 1 saturated carbocycles. The van der Waals surface area contributed by atoms with Gasteiger partial charge in [-0.15, -0.1) is 0 Å². The highest BCUT2D eigenvalue weighted by atomic mass is 35.5. The van der Waals surface area contributed by atoms with Crippen molar-refractivity contribution >= 4 is 52.8 Å². The van der Waals surface area contributed by atoms with Gasteiger partial charge in [0, 0.05) is 5.41 Å². The Hall–Kier alpha value is -0.0900. The second-order valence-electron chi connectivity index (χ2n) is 4.19. The van der Waals surface area contributed by atoms with Crippen LogP contribution < -0.4 is 5.32 Å². The number of ether oxygens (including phenoxy) is 1. The van der Waals surface area contributed by atoms with Crippen LogP contribution in [0.1, 0.15) is 13.8 Å².